The Morgan fingerprint density at radius 3 is 2.53 bits per heavy atom. The van der Waals surface area contributed by atoms with Gasteiger partial charge in [0.25, 0.3) is 0 Å². The SMILES string of the molecule is COc1ccc(CCCNc2ncc(-c3cc(C)no3)c(-c3ccoc3C)n2)cc1OC. The minimum atomic E-state index is 0.549. The zero-order valence-corrected chi connectivity index (χ0v) is 18.6. The van der Waals surface area contributed by atoms with E-state index < -0.39 is 0 Å². The molecule has 166 valence electrons. The monoisotopic (exact) mass is 434 g/mol. The quantitative estimate of drug-likeness (QED) is 0.365. The Bertz CT molecular complexity index is 1200. The van der Waals surface area contributed by atoms with Gasteiger partial charge < -0.3 is 23.7 Å². The summed E-state index contributed by atoms with van der Waals surface area (Å²) in [6.45, 7) is 4.51. The van der Waals surface area contributed by atoms with Crippen molar-refractivity contribution in [1.29, 1.82) is 0 Å². The van der Waals surface area contributed by atoms with Crippen molar-refractivity contribution in [2.75, 3.05) is 26.1 Å². The van der Waals surface area contributed by atoms with Gasteiger partial charge in [0.2, 0.25) is 5.95 Å². The van der Waals surface area contributed by atoms with Crippen molar-refractivity contribution in [3.63, 3.8) is 0 Å². The molecule has 1 aromatic carbocycles. The largest absolute Gasteiger partial charge is 0.493 e. The molecule has 4 aromatic rings. The molecule has 0 bridgehead atoms. The Balaban J connectivity index is 1.47. The van der Waals surface area contributed by atoms with E-state index in [-0.39, 0.29) is 0 Å². The summed E-state index contributed by atoms with van der Waals surface area (Å²) in [5.41, 5.74) is 4.38. The van der Waals surface area contributed by atoms with E-state index in [2.05, 4.69) is 15.5 Å². The summed E-state index contributed by atoms with van der Waals surface area (Å²) in [5.74, 6) is 3.41. The van der Waals surface area contributed by atoms with Gasteiger partial charge in [0.15, 0.2) is 17.3 Å². The fourth-order valence-electron chi connectivity index (χ4n) is 3.50. The second-order valence-electron chi connectivity index (χ2n) is 7.40. The number of aryl methyl sites for hydroxylation is 3. The molecule has 0 amide bonds. The first-order valence-corrected chi connectivity index (χ1v) is 10.4. The molecule has 1 N–H and O–H groups in total. The van der Waals surface area contributed by atoms with Gasteiger partial charge in [-0.15, -0.1) is 0 Å². The summed E-state index contributed by atoms with van der Waals surface area (Å²) in [4.78, 5) is 9.23. The maximum atomic E-state index is 5.49. The molecule has 0 aliphatic rings. The maximum Gasteiger partial charge on any atom is 0.223 e. The zero-order chi connectivity index (χ0) is 22.5. The highest BCUT2D eigenvalue weighted by atomic mass is 16.5. The molecule has 0 saturated carbocycles. The van der Waals surface area contributed by atoms with E-state index in [1.807, 2.05) is 44.2 Å². The lowest BCUT2D eigenvalue weighted by atomic mass is 10.1. The van der Waals surface area contributed by atoms with Gasteiger partial charge in [-0.2, -0.15) is 0 Å². The van der Waals surface area contributed by atoms with E-state index >= 15 is 0 Å². The van der Waals surface area contributed by atoms with Crippen LogP contribution in [-0.2, 0) is 6.42 Å². The minimum absolute atomic E-state index is 0.549. The number of nitrogens with one attached hydrogen (secondary N) is 1. The normalized spacial score (nSPS) is 10.9. The van der Waals surface area contributed by atoms with Gasteiger partial charge in [-0.05, 0) is 50.5 Å². The zero-order valence-electron chi connectivity index (χ0n) is 18.6. The number of nitrogens with zero attached hydrogens (tertiary/aromatic N) is 3. The van der Waals surface area contributed by atoms with Crippen LogP contribution in [0.5, 0.6) is 11.5 Å². The van der Waals surface area contributed by atoms with Crippen LogP contribution in [0.15, 0.2) is 51.7 Å². The smallest absolute Gasteiger partial charge is 0.223 e. The van der Waals surface area contributed by atoms with Gasteiger partial charge in [-0.1, -0.05) is 11.2 Å². The number of hydrogen-bond donors (Lipinski definition) is 1. The molecule has 0 radical (unpaired) electrons. The van der Waals surface area contributed by atoms with E-state index in [0.29, 0.717) is 11.7 Å². The third kappa shape index (κ3) is 4.59. The van der Waals surface area contributed by atoms with Crippen molar-refractivity contribution in [2.24, 2.45) is 0 Å². The number of anilines is 1. The Labute approximate surface area is 186 Å². The fraction of sp³-hybridized carbons (Fsp3) is 0.292. The van der Waals surface area contributed by atoms with Crippen LogP contribution in [0.25, 0.3) is 22.6 Å². The van der Waals surface area contributed by atoms with E-state index in [1.54, 1.807) is 26.7 Å². The van der Waals surface area contributed by atoms with Crippen molar-refractivity contribution < 1.29 is 18.4 Å². The summed E-state index contributed by atoms with van der Waals surface area (Å²) in [5, 5.41) is 7.30. The first-order valence-electron chi connectivity index (χ1n) is 10.4. The molecule has 8 heteroatoms. The van der Waals surface area contributed by atoms with Crippen molar-refractivity contribution >= 4 is 5.95 Å². The summed E-state index contributed by atoms with van der Waals surface area (Å²) in [6.07, 6.45) is 5.20. The lowest BCUT2D eigenvalue weighted by Crippen LogP contribution is -2.07. The Kier molecular flexibility index (Phi) is 6.39. The summed E-state index contributed by atoms with van der Waals surface area (Å²) in [7, 11) is 3.28. The van der Waals surface area contributed by atoms with Crippen molar-refractivity contribution in [1.82, 2.24) is 15.1 Å². The first kappa shape index (κ1) is 21.4. The fourth-order valence-corrected chi connectivity index (χ4v) is 3.50. The average Bonchev–Trinajstić information content (AvgIpc) is 3.44. The topological polar surface area (TPSA) is 95.4 Å². The molecular weight excluding hydrogens is 408 g/mol. The van der Waals surface area contributed by atoms with Crippen LogP contribution in [0.1, 0.15) is 23.4 Å². The molecule has 3 aromatic heterocycles. The van der Waals surface area contributed by atoms with Crippen molar-refractivity contribution in [3.05, 3.63) is 59.8 Å². The molecule has 4 rings (SSSR count). The number of ether oxygens (including phenoxy) is 2. The highest BCUT2D eigenvalue weighted by Gasteiger charge is 2.18. The first-order chi connectivity index (χ1) is 15.6. The van der Waals surface area contributed by atoms with Crippen LogP contribution < -0.4 is 14.8 Å². The molecule has 0 aliphatic carbocycles. The molecule has 0 unspecified atom stereocenters. The number of methoxy groups -OCH3 is 2. The molecule has 8 nitrogen and oxygen atoms in total. The Morgan fingerprint density at radius 2 is 1.84 bits per heavy atom. The number of benzene rings is 1. The lowest BCUT2D eigenvalue weighted by Gasteiger charge is -2.11. The molecule has 0 atom stereocenters. The highest BCUT2D eigenvalue weighted by molar-refractivity contribution is 5.79. The molecule has 0 spiro atoms. The van der Waals surface area contributed by atoms with E-state index in [1.165, 1.54) is 5.56 Å². The summed E-state index contributed by atoms with van der Waals surface area (Å²) < 4.78 is 21.6. The van der Waals surface area contributed by atoms with Crippen molar-refractivity contribution in [2.45, 2.75) is 26.7 Å². The van der Waals surface area contributed by atoms with Crippen LogP contribution in [0.3, 0.4) is 0 Å². The van der Waals surface area contributed by atoms with Gasteiger partial charge in [0.05, 0.1) is 37.4 Å². The molecule has 0 saturated heterocycles. The summed E-state index contributed by atoms with van der Waals surface area (Å²) >= 11 is 0. The van der Waals surface area contributed by atoms with Gasteiger partial charge in [0.1, 0.15) is 5.76 Å². The number of hydrogen-bond acceptors (Lipinski definition) is 8. The maximum absolute atomic E-state index is 5.49. The number of aromatic nitrogens is 3. The van der Waals surface area contributed by atoms with Crippen LogP contribution in [0.2, 0.25) is 0 Å². The molecular formula is C24H26N4O4. The highest BCUT2D eigenvalue weighted by Crippen LogP contribution is 2.33. The van der Waals surface area contributed by atoms with Gasteiger partial charge in [0, 0.05) is 24.4 Å². The van der Waals surface area contributed by atoms with Gasteiger partial charge in [-0.25, -0.2) is 9.97 Å². The molecule has 32 heavy (non-hydrogen) atoms. The van der Waals surface area contributed by atoms with Crippen LogP contribution in [0, 0.1) is 13.8 Å². The van der Waals surface area contributed by atoms with Crippen LogP contribution >= 0.6 is 0 Å². The van der Waals surface area contributed by atoms with E-state index in [0.717, 1.165) is 59.2 Å². The number of furan rings is 1. The standard InChI is InChI=1S/C24H26N4O4/c1-15-12-21(32-28-15)19-14-26-24(27-23(19)18-9-11-31-16(18)2)25-10-5-6-17-7-8-20(29-3)22(13-17)30-4/h7-9,11-14H,5-6,10H2,1-4H3,(H,25,26,27). The van der Waals surface area contributed by atoms with Gasteiger partial charge >= 0.3 is 0 Å². The minimum Gasteiger partial charge on any atom is -0.493 e. The second kappa shape index (κ2) is 9.55. The van der Waals surface area contributed by atoms with Gasteiger partial charge in [-0.3, -0.25) is 0 Å². The number of rotatable bonds is 9. The lowest BCUT2D eigenvalue weighted by molar-refractivity contribution is 0.354. The molecule has 3 heterocycles. The Hall–Kier alpha value is -3.81. The predicted molar refractivity (Wildman–Crippen MR) is 121 cm³/mol. The van der Waals surface area contributed by atoms with E-state index in [9.17, 15) is 0 Å². The third-order valence-electron chi connectivity index (χ3n) is 5.17. The van der Waals surface area contributed by atoms with Crippen LogP contribution in [0.4, 0.5) is 5.95 Å². The third-order valence-corrected chi connectivity index (χ3v) is 5.17. The van der Waals surface area contributed by atoms with Crippen molar-refractivity contribution in [3.8, 4) is 34.1 Å². The Morgan fingerprint density at radius 1 is 1.00 bits per heavy atom. The second-order valence-corrected chi connectivity index (χ2v) is 7.40. The van der Waals surface area contributed by atoms with E-state index in [4.69, 9.17) is 23.4 Å². The molecule has 0 aliphatic heterocycles. The molecule has 0 fully saturated rings. The summed E-state index contributed by atoms with van der Waals surface area (Å²) in [6, 6.07) is 9.74. The van der Waals surface area contributed by atoms with Crippen LogP contribution in [-0.4, -0.2) is 35.9 Å². The average molecular weight is 434 g/mol. The predicted octanol–water partition coefficient (Wildman–Crippen LogP) is 5.07.